The van der Waals surface area contributed by atoms with Crippen molar-refractivity contribution in [1.82, 2.24) is 14.8 Å². The Labute approximate surface area is 164 Å². The number of amides is 1. The van der Waals surface area contributed by atoms with Crippen molar-refractivity contribution in [2.75, 3.05) is 57.4 Å². The maximum absolute atomic E-state index is 12.7. The van der Waals surface area contributed by atoms with Crippen LogP contribution < -0.4 is 4.90 Å². The number of thiazole rings is 1. The second kappa shape index (κ2) is 8.37. The monoisotopic (exact) mass is 386 g/mol. The second-order valence-electron chi connectivity index (χ2n) is 7.16. The molecule has 144 valence electrons. The van der Waals surface area contributed by atoms with Crippen LogP contribution in [0.4, 0.5) is 5.13 Å². The summed E-state index contributed by atoms with van der Waals surface area (Å²) in [6.07, 6.45) is 0. The Morgan fingerprint density at radius 1 is 1.15 bits per heavy atom. The molecule has 0 unspecified atom stereocenters. The van der Waals surface area contributed by atoms with Gasteiger partial charge in [0.15, 0.2) is 5.13 Å². The van der Waals surface area contributed by atoms with Gasteiger partial charge in [-0.3, -0.25) is 9.69 Å². The molecule has 0 spiro atoms. The van der Waals surface area contributed by atoms with E-state index in [-0.39, 0.29) is 5.91 Å². The molecule has 4 rings (SSSR count). The van der Waals surface area contributed by atoms with Crippen LogP contribution in [0.25, 0.3) is 0 Å². The van der Waals surface area contributed by atoms with Crippen LogP contribution in [0.5, 0.6) is 0 Å². The number of morpholine rings is 1. The molecule has 0 bridgehead atoms. The van der Waals surface area contributed by atoms with Gasteiger partial charge in [-0.25, -0.2) is 4.98 Å². The van der Waals surface area contributed by atoms with E-state index in [1.807, 2.05) is 36.1 Å². The molecule has 2 aliphatic rings. The normalized spacial score (nSPS) is 18.7. The average Bonchev–Trinajstić information content (AvgIpc) is 3.17. The molecule has 2 aromatic rings. The van der Waals surface area contributed by atoms with Gasteiger partial charge in [0.05, 0.1) is 18.9 Å². The van der Waals surface area contributed by atoms with Crippen molar-refractivity contribution < 1.29 is 9.53 Å². The molecule has 2 aliphatic heterocycles. The first-order valence-corrected chi connectivity index (χ1v) is 10.4. The molecule has 0 atom stereocenters. The highest BCUT2D eigenvalue weighted by molar-refractivity contribution is 7.13. The smallest absolute Gasteiger partial charge is 0.253 e. The number of aryl methyl sites for hydroxylation is 1. The Balaban J connectivity index is 1.32. The van der Waals surface area contributed by atoms with Gasteiger partial charge in [0.1, 0.15) is 0 Å². The first-order valence-electron chi connectivity index (χ1n) is 9.54. The molecule has 2 fully saturated rings. The van der Waals surface area contributed by atoms with Crippen LogP contribution in [0, 0.1) is 6.92 Å². The lowest BCUT2D eigenvalue weighted by Crippen LogP contribution is -2.48. The zero-order valence-electron chi connectivity index (χ0n) is 15.8. The predicted octanol–water partition coefficient (Wildman–Crippen LogP) is 2.25. The minimum Gasteiger partial charge on any atom is -0.379 e. The summed E-state index contributed by atoms with van der Waals surface area (Å²) in [6.45, 7) is 9.65. The fraction of sp³-hybridized carbons (Fsp3) is 0.500. The molecule has 2 saturated heterocycles. The number of aromatic nitrogens is 1. The number of anilines is 1. The fourth-order valence-corrected chi connectivity index (χ4v) is 4.43. The minimum atomic E-state index is 0.130. The number of rotatable bonds is 4. The van der Waals surface area contributed by atoms with Crippen LogP contribution in [0.15, 0.2) is 29.6 Å². The maximum Gasteiger partial charge on any atom is 0.253 e. The summed E-state index contributed by atoms with van der Waals surface area (Å²) in [5, 5.41) is 3.23. The Hall–Kier alpha value is -1.96. The molecule has 0 aliphatic carbocycles. The first-order chi connectivity index (χ1) is 13.2. The van der Waals surface area contributed by atoms with Gasteiger partial charge in [-0.05, 0) is 19.1 Å². The summed E-state index contributed by atoms with van der Waals surface area (Å²) < 4.78 is 5.41. The van der Waals surface area contributed by atoms with E-state index >= 15 is 0 Å². The standard InChI is InChI=1S/C20H26N4O2S/c1-16-3-2-4-17(13-16)19(25)23-5-7-24(8-6-23)20-21-18(15-27-20)14-22-9-11-26-12-10-22/h2-4,13,15H,5-12,14H2,1H3. The lowest BCUT2D eigenvalue weighted by Gasteiger charge is -2.34. The van der Waals surface area contributed by atoms with Gasteiger partial charge in [-0.2, -0.15) is 0 Å². The van der Waals surface area contributed by atoms with Crippen molar-refractivity contribution in [3.8, 4) is 0 Å². The summed E-state index contributed by atoms with van der Waals surface area (Å²) in [6, 6.07) is 7.84. The van der Waals surface area contributed by atoms with Crippen molar-refractivity contribution in [2.24, 2.45) is 0 Å². The number of hydrogen-bond donors (Lipinski definition) is 0. The van der Waals surface area contributed by atoms with Crippen LogP contribution in [0.1, 0.15) is 21.6 Å². The molecule has 3 heterocycles. The molecule has 0 N–H and O–H groups in total. The Morgan fingerprint density at radius 3 is 2.67 bits per heavy atom. The quantitative estimate of drug-likeness (QED) is 0.807. The second-order valence-corrected chi connectivity index (χ2v) is 8.00. The van der Waals surface area contributed by atoms with Gasteiger partial charge in [-0.1, -0.05) is 17.7 Å². The largest absolute Gasteiger partial charge is 0.379 e. The third-order valence-corrected chi connectivity index (χ3v) is 6.08. The Kier molecular flexibility index (Phi) is 5.71. The molecular formula is C20H26N4O2S. The first kappa shape index (κ1) is 18.4. The van der Waals surface area contributed by atoms with E-state index in [1.54, 1.807) is 11.3 Å². The lowest BCUT2D eigenvalue weighted by atomic mass is 10.1. The third kappa shape index (κ3) is 4.48. The van der Waals surface area contributed by atoms with E-state index < -0.39 is 0 Å². The molecule has 1 aromatic carbocycles. The Bertz CT molecular complexity index is 780. The molecule has 7 heteroatoms. The van der Waals surface area contributed by atoms with Crippen LogP contribution in [0.2, 0.25) is 0 Å². The van der Waals surface area contributed by atoms with Crippen molar-refractivity contribution in [3.05, 3.63) is 46.5 Å². The van der Waals surface area contributed by atoms with E-state index in [1.165, 1.54) is 0 Å². The zero-order chi connectivity index (χ0) is 18.6. The molecule has 0 radical (unpaired) electrons. The van der Waals surface area contributed by atoms with E-state index in [9.17, 15) is 4.79 Å². The van der Waals surface area contributed by atoms with Crippen molar-refractivity contribution >= 4 is 22.4 Å². The average molecular weight is 387 g/mol. The highest BCUT2D eigenvalue weighted by atomic mass is 32.1. The molecule has 1 aromatic heterocycles. The number of hydrogen-bond acceptors (Lipinski definition) is 6. The van der Waals surface area contributed by atoms with Crippen LogP contribution >= 0.6 is 11.3 Å². The third-order valence-electron chi connectivity index (χ3n) is 5.13. The van der Waals surface area contributed by atoms with Gasteiger partial charge in [0, 0.05) is 56.8 Å². The number of nitrogens with zero attached hydrogens (tertiary/aromatic N) is 4. The fourth-order valence-electron chi connectivity index (χ4n) is 3.56. The van der Waals surface area contributed by atoms with Gasteiger partial charge < -0.3 is 14.5 Å². The molecule has 6 nitrogen and oxygen atoms in total. The van der Waals surface area contributed by atoms with Crippen molar-refractivity contribution in [3.63, 3.8) is 0 Å². The highest BCUT2D eigenvalue weighted by Crippen LogP contribution is 2.23. The maximum atomic E-state index is 12.7. The van der Waals surface area contributed by atoms with Gasteiger partial charge in [-0.15, -0.1) is 11.3 Å². The highest BCUT2D eigenvalue weighted by Gasteiger charge is 2.24. The zero-order valence-corrected chi connectivity index (χ0v) is 16.6. The van der Waals surface area contributed by atoms with Crippen molar-refractivity contribution in [2.45, 2.75) is 13.5 Å². The molecule has 1 amide bonds. The summed E-state index contributed by atoms with van der Waals surface area (Å²) >= 11 is 1.71. The number of carbonyl (C=O) groups excluding carboxylic acids is 1. The van der Waals surface area contributed by atoms with Gasteiger partial charge >= 0.3 is 0 Å². The minimum absolute atomic E-state index is 0.130. The van der Waals surface area contributed by atoms with Crippen LogP contribution in [0.3, 0.4) is 0 Å². The van der Waals surface area contributed by atoms with E-state index in [0.717, 1.165) is 81.0 Å². The van der Waals surface area contributed by atoms with E-state index in [0.29, 0.717) is 0 Å². The predicted molar refractivity (Wildman–Crippen MR) is 108 cm³/mol. The van der Waals surface area contributed by atoms with Gasteiger partial charge in [0.25, 0.3) is 5.91 Å². The summed E-state index contributed by atoms with van der Waals surface area (Å²) in [7, 11) is 0. The SMILES string of the molecule is Cc1cccc(C(=O)N2CCN(c3nc(CN4CCOCC4)cs3)CC2)c1. The number of carbonyl (C=O) groups is 1. The molecule has 27 heavy (non-hydrogen) atoms. The van der Waals surface area contributed by atoms with Gasteiger partial charge in [0.2, 0.25) is 0 Å². The Morgan fingerprint density at radius 2 is 1.93 bits per heavy atom. The van der Waals surface area contributed by atoms with Crippen LogP contribution in [-0.2, 0) is 11.3 Å². The number of piperazine rings is 1. The number of benzene rings is 1. The summed E-state index contributed by atoms with van der Waals surface area (Å²) in [5.41, 5.74) is 3.04. The van der Waals surface area contributed by atoms with Crippen molar-refractivity contribution in [1.29, 1.82) is 0 Å². The van der Waals surface area contributed by atoms with E-state index in [4.69, 9.17) is 9.72 Å². The van der Waals surface area contributed by atoms with E-state index in [2.05, 4.69) is 15.2 Å². The topological polar surface area (TPSA) is 48.9 Å². The summed E-state index contributed by atoms with van der Waals surface area (Å²) in [5.74, 6) is 0.130. The lowest BCUT2D eigenvalue weighted by molar-refractivity contribution is 0.0337. The molecular weight excluding hydrogens is 360 g/mol. The molecule has 0 saturated carbocycles. The number of ether oxygens (including phenoxy) is 1. The summed E-state index contributed by atoms with van der Waals surface area (Å²) in [4.78, 5) is 24.2. The van der Waals surface area contributed by atoms with Crippen LogP contribution in [-0.4, -0.2) is 73.2 Å².